The maximum Gasteiger partial charge on any atom is 0.238 e. The zero-order valence-electron chi connectivity index (χ0n) is 36.2. The highest BCUT2D eigenvalue weighted by Gasteiger charge is 2.42. The number of rotatable bonds is 23. The third kappa shape index (κ3) is 10.4. The molecule has 5 aromatic rings. The van der Waals surface area contributed by atoms with Gasteiger partial charge in [0.2, 0.25) is 10.0 Å². The number of aliphatic hydroxyl groups is 1. The van der Waals surface area contributed by atoms with E-state index in [1.54, 1.807) is 12.1 Å². The fourth-order valence-corrected chi connectivity index (χ4v) is 9.79. The van der Waals surface area contributed by atoms with Crippen molar-refractivity contribution in [1.29, 1.82) is 0 Å². The smallest absolute Gasteiger partial charge is 0.238 e. The molecule has 0 amide bonds. The molecule has 10 nitrogen and oxygen atoms in total. The van der Waals surface area contributed by atoms with E-state index in [9.17, 15) is 13.5 Å². The Morgan fingerprint density at radius 2 is 1.12 bits per heavy atom. The van der Waals surface area contributed by atoms with Crippen LogP contribution < -0.4 is 14.9 Å². The molecule has 0 aliphatic carbocycles. The largest absolute Gasteiger partial charge is 0.396 e. The minimum absolute atomic E-state index is 0.0302. The summed E-state index contributed by atoms with van der Waals surface area (Å²) in [5.41, 5.74) is 5.50. The maximum atomic E-state index is 12.1. The van der Waals surface area contributed by atoms with Gasteiger partial charge in [0.15, 0.2) is 0 Å². The van der Waals surface area contributed by atoms with Crippen LogP contribution in [-0.2, 0) is 16.4 Å². The van der Waals surface area contributed by atoms with Crippen LogP contribution in [-0.4, -0.2) is 38.9 Å². The van der Waals surface area contributed by atoms with Gasteiger partial charge >= 0.3 is 0 Å². The zero-order valence-corrected chi connectivity index (χ0v) is 37.1. The Morgan fingerprint density at radius 3 is 1.68 bits per heavy atom. The molecule has 3 N–H and O–H groups in total. The lowest BCUT2D eigenvalue weighted by Crippen LogP contribution is -2.62. The standard InChI is InChI=1S/C49H65N7O3S/c1-5-8-10-12-14-18-33-55-45-24-20-23-41-44(28-29-46(48(41)45)56(49(55,4)32-7-3)34-19-15-13-11-9-6-2)54-53-43-27-26-42(39-21-16-17-22-40(39)43)52-51-38-25-30-47(60(50,58)59)37(36-38)31-35-57/h16-17,20-30,36,57H,5-15,18-19,31-35H2,1-4H3,(H2,50,58,59). The quantitative estimate of drug-likeness (QED) is 0.0499. The fraction of sp³-hybridized carbons (Fsp3) is 0.469. The number of sulfonamides is 1. The zero-order chi connectivity index (χ0) is 42.5. The van der Waals surface area contributed by atoms with Crippen LogP contribution >= 0.6 is 0 Å². The summed E-state index contributed by atoms with van der Waals surface area (Å²) in [4.78, 5) is 5.43. The van der Waals surface area contributed by atoms with Crippen molar-refractivity contribution in [2.75, 3.05) is 29.5 Å². The lowest BCUT2D eigenvalue weighted by molar-refractivity contribution is 0.298. The Labute approximate surface area is 358 Å². The predicted molar refractivity (Wildman–Crippen MR) is 250 cm³/mol. The first-order chi connectivity index (χ1) is 29.1. The number of primary sulfonamides is 1. The summed E-state index contributed by atoms with van der Waals surface area (Å²) in [6, 6.07) is 27.4. The van der Waals surface area contributed by atoms with Crippen LogP contribution in [0.25, 0.3) is 21.5 Å². The summed E-state index contributed by atoms with van der Waals surface area (Å²) in [6.07, 6.45) is 17.6. The Balaban J connectivity index is 1.34. The first-order valence-corrected chi connectivity index (χ1v) is 23.9. The van der Waals surface area contributed by atoms with Gasteiger partial charge in [-0.15, -0.1) is 15.3 Å². The molecule has 0 fully saturated rings. The first kappa shape index (κ1) is 44.8. The SMILES string of the molecule is CCCCCCCCN1c2cccc3c(N=Nc4ccc(N=Nc5ccc(S(N)(=O)=O)c(CCO)c5)c5ccccc45)ccc(c23)N(CCCCCCCC)C1(C)CCC. The minimum Gasteiger partial charge on any atom is -0.396 e. The highest BCUT2D eigenvalue weighted by Crippen LogP contribution is 2.50. The topological polar surface area (TPSA) is 136 Å². The summed E-state index contributed by atoms with van der Waals surface area (Å²) in [5.74, 6) is 0. The molecule has 5 aromatic carbocycles. The Kier molecular flexibility index (Phi) is 15.8. The van der Waals surface area contributed by atoms with Crippen LogP contribution in [0, 0.1) is 0 Å². The van der Waals surface area contributed by atoms with Gasteiger partial charge in [-0.3, -0.25) is 0 Å². The maximum absolute atomic E-state index is 12.1. The van der Waals surface area contributed by atoms with Crippen LogP contribution in [0.3, 0.4) is 0 Å². The van der Waals surface area contributed by atoms with Gasteiger partial charge in [-0.05, 0) is 86.7 Å². The highest BCUT2D eigenvalue weighted by atomic mass is 32.2. The van der Waals surface area contributed by atoms with E-state index in [1.807, 2.05) is 36.4 Å². The van der Waals surface area contributed by atoms with Gasteiger partial charge in [-0.1, -0.05) is 128 Å². The van der Waals surface area contributed by atoms with Crippen LogP contribution in [0.5, 0.6) is 0 Å². The number of benzene rings is 5. The molecule has 11 heteroatoms. The Morgan fingerprint density at radius 1 is 0.600 bits per heavy atom. The average molecular weight is 832 g/mol. The van der Waals surface area contributed by atoms with Crippen molar-refractivity contribution >= 4 is 65.7 Å². The first-order valence-electron chi connectivity index (χ1n) is 22.4. The van der Waals surface area contributed by atoms with E-state index in [1.165, 1.54) is 99.9 Å². The molecule has 0 saturated heterocycles. The second-order valence-electron chi connectivity index (χ2n) is 16.5. The highest BCUT2D eigenvalue weighted by molar-refractivity contribution is 7.89. The molecule has 1 unspecified atom stereocenters. The van der Waals surface area contributed by atoms with Crippen LogP contribution in [0.2, 0.25) is 0 Å². The van der Waals surface area contributed by atoms with Crippen LogP contribution in [0.15, 0.2) is 110 Å². The molecule has 0 aromatic heterocycles. The minimum atomic E-state index is -3.95. The number of azo groups is 2. The van der Waals surface area contributed by atoms with E-state index >= 15 is 0 Å². The molecule has 0 bridgehead atoms. The van der Waals surface area contributed by atoms with Gasteiger partial charge < -0.3 is 14.9 Å². The van der Waals surface area contributed by atoms with Crippen molar-refractivity contribution < 1.29 is 13.5 Å². The van der Waals surface area contributed by atoms with E-state index in [2.05, 4.69) is 78.1 Å². The monoisotopic (exact) mass is 831 g/mol. The van der Waals surface area contributed by atoms with Crippen LogP contribution in [0.4, 0.5) is 34.1 Å². The summed E-state index contributed by atoms with van der Waals surface area (Å²) in [5, 5.41) is 37.9. The summed E-state index contributed by atoms with van der Waals surface area (Å²) >= 11 is 0. The second-order valence-corrected chi connectivity index (χ2v) is 18.0. The van der Waals surface area contributed by atoms with E-state index in [0.29, 0.717) is 16.9 Å². The van der Waals surface area contributed by atoms with Crippen molar-refractivity contribution in [1.82, 2.24) is 0 Å². The number of nitrogens with two attached hydrogens (primary N) is 1. The van der Waals surface area contributed by atoms with Crippen molar-refractivity contribution in [2.24, 2.45) is 25.6 Å². The normalized spacial score (nSPS) is 15.7. The van der Waals surface area contributed by atoms with Crippen molar-refractivity contribution in [3.8, 4) is 0 Å². The predicted octanol–water partition coefficient (Wildman–Crippen LogP) is 13.9. The molecular weight excluding hydrogens is 767 g/mol. The van der Waals surface area contributed by atoms with Crippen molar-refractivity contribution in [2.45, 2.75) is 135 Å². The fourth-order valence-electron chi connectivity index (χ4n) is 9.00. The molecular formula is C49H65N7O3S. The number of aliphatic hydroxyl groups excluding tert-OH is 1. The number of hydrogen-bond donors (Lipinski definition) is 2. The van der Waals surface area contributed by atoms with Gasteiger partial charge in [-0.2, -0.15) is 5.11 Å². The Hall–Kier alpha value is -4.71. The van der Waals surface area contributed by atoms with Crippen molar-refractivity contribution in [3.05, 3.63) is 90.5 Å². The molecule has 60 heavy (non-hydrogen) atoms. The molecule has 6 rings (SSSR count). The number of hydrogen-bond acceptors (Lipinski definition) is 9. The molecule has 1 aliphatic rings. The van der Waals surface area contributed by atoms with Crippen molar-refractivity contribution in [3.63, 3.8) is 0 Å². The second kappa shape index (κ2) is 21.2. The van der Waals surface area contributed by atoms with Gasteiger partial charge in [0.05, 0.1) is 27.6 Å². The molecule has 1 aliphatic heterocycles. The molecule has 320 valence electrons. The van der Waals surface area contributed by atoms with Crippen LogP contribution in [0.1, 0.15) is 123 Å². The molecule has 1 heterocycles. The summed E-state index contributed by atoms with van der Waals surface area (Å²) in [6.45, 7) is 11.2. The van der Waals surface area contributed by atoms with E-state index in [-0.39, 0.29) is 23.6 Å². The number of nitrogens with zero attached hydrogens (tertiary/aromatic N) is 6. The summed E-state index contributed by atoms with van der Waals surface area (Å²) < 4.78 is 24.2. The number of fused-ring (bicyclic) bond motifs is 1. The third-order valence-corrected chi connectivity index (χ3v) is 13.1. The van der Waals surface area contributed by atoms with E-state index in [0.717, 1.165) is 53.5 Å². The lowest BCUT2D eigenvalue weighted by atomic mass is 9.91. The van der Waals surface area contributed by atoms with Gasteiger partial charge in [0.25, 0.3) is 0 Å². The molecule has 0 spiro atoms. The van der Waals surface area contributed by atoms with E-state index < -0.39 is 10.0 Å². The molecule has 1 atom stereocenters. The average Bonchev–Trinajstić information content (AvgIpc) is 3.24. The van der Waals surface area contributed by atoms with E-state index in [4.69, 9.17) is 15.4 Å². The molecule has 0 saturated carbocycles. The van der Waals surface area contributed by atoms with Gasteiger partial charge in [-0.25, -0.2) is 13.6 Å². The van der Waals surface area contributed by atoms with Gasteiger partial charge in [0, 0.05) is 52.6 Å². The molecule has 0 radical (unpaired) electrons. The number of unbranched alkanes of at least 4 members (excludes halogenated alkanes) is 10. The van der Waals surface area contributed by atoms with Gasteiger partial charge in [0.1, 0.15) is 5.66 Å². The number of anilines is 2. The lowest BCUT2D eigenvalue weighted by Gasteiger charge is -2.55. The Bertz CT molecular complexity index is 2350. The third-order valence-electron chi connectivity index (χ3n) is 12.1. The summed E-state index contributed by atoms with van der Waals surface area (Å²) in [7, 11) is -3.95.